The van der Waals surface area contributed by atoms with E-state index in [0.717, 1.165) is 37.0 Å². The normalized spacial score (nSPS) is 26.3. The van der Waals surface area contributed by atoms with Crippen molar-refractivity contribution in [1.82, 2.24) is 5.32 Å². The van der Waals surface area contributed by atoms with Crippen LogP contribution in [0.4, 0.5) is 0 Å². The van der Waals surface area contributed by atoms with Crippen LogP contribution in [0.5, 0.6) is 0 Å². The van der Waals surface area contributed by atoms with Crippen LogP contribution in [0.25, 0.3) is 0 Å². The van der Waals surface area contributed by atoms with Gasteiger partial charge in [-0.3, -0.25) is 0 Å². The summed E-state index contributed by atoms with van der Waals surface area (Å²) in [7, 11) is -0.999. The van der Waals surface area contributed by atoms with E-state index in [-0.39, 0.29) is 11.3 Å². The fraction of sp³-hybridized carbons (Fsp3) is 0.714. The van der Waals surface area contributed by atoms with Gasteiger partial charge >= 0.3 is 0 Å². The average molecular weight is 285 g/mol. The Bertz CT molecular complexity index is 521. The SMILES string of the molecule is CNC(c1ccoc1C)C1CCCC(S(C)(=O)=O)C1. The second-order valence-corrected chi connectivity index (χ2v) is 7.90. The molecule has 5 heteroatoms. The topological polar surface area (TPSA) is 59.3 Å². The van der Waals surface area contributed by atoms with Gasteiger partial charge in [0.15, 0.2) is 0 Å². The van der Waals surface area contributed by atoms with Gasteiger partial charge in [-0.15, -0.1) is 0 Å². The lowest BCUT2D eigenvalue weighted by Gasteiger charge is -2.33. The Kier molecular flexibility index (Phi) is 4.36. The summed E-state index contributed by atoms with van der Waals surface area (Å²) in [5, 5.41) is 3.15. The monoisotopic (exact) mass is 285 g/mol. The first-order valence-electron chi connectivity index (χ1n) is 6.83. The molecular formula is C14H23NO3S. The van der Waals surface area contributed by atoms with Crippen molar-refractivity contribution in [2.45, 2.75) is 43.9 Å². The van der Waals surface area contributed by atoms with Gasteiger partial charge < -0.3 is 9.73 Å². The molecule has 4 nitrogen and oxygen atoms in total. The average Bonchev–Trinajstić information content (AvgIpc) is 2.76. The maximum Gasteiger partial charge on any atom is 0.150 e. The van der Waals surface area contributed by atoms with Crippen molar-refractivity contribution in [2.24, 2.45) is 5.92 Å². The highest BCUT2D eigenvalue weighted by atomic mass is 32.2. The van der Waals surface area contributed by atoms with Gasteiger partial charge in [-0.25, -0.2) is 8.42 Å². The standard InChI is InChI=1S/C14H23NO3S/c1-10-13(7-8-18-10)14(15-2)11-5-4-6-12(9-11)19(3,16)17/h7-8,11-12,14-15H,4-6,9H2,1-3H3. The number of furan rings is 1. The lowest BCUT2D eigenvalue weighted by molar-refractivity contribution is 0.280. The van der Waals surface area contributed by atoms with Crippen molar-refractivity contribution < 1.29 is 12.8 Å². The first-order chi connectivity index (χ1) is 8.93. The van der Waals surface area contributed by atoms with Gasteiger partial charge in [0.05, 0.1) is 11.5 Å². The molecule has 1 fully saturated rings. The van der Waals surface area contributed by atoms with Crippen LogP contribution in [-0.2, 0) is 9.84 Å². The van der Waals surface area contributed by atoms with E-state index in [0.29, 0.717) is 5.92 Å². The molecule has 1 saturated carbocycles. The highest BCUT2D eigenvalue weighted by Gasteiger charge is 2.34. The van der Waals surface area contributed by atoms with E-state index in [1.165, 1.54) is 6.26 Å². The Morgan fingerprint density at radius 3 is 2.68 bits per heavy atom. The molecule has 108 valence electrons. The largest absolute Gasteiger partial charge is 0.469 e. The minimum absolute atomic E-state index is 0.184. The van der Waals surface area contributed by atoms with E-state index in [1.807, 2.05) is 20.0 Å². The molecule has 0 radical (unpaired) electrons. The Hall–Kier alpha value is -0.810. The fourth-order valence-corrected chi connectivity index (χ4v) is 4.43. The summed E-state index contributed by atoms with van der Waals surface area (Å²) in [6.07, 6.45) is 6.66. The van der Waals surface area contributed by atoms with Gasteiger partial charge in [0.2, 0.25) is 0 Å². The molecule has 1 aliphatic carbocycles. The maximum atomic E-state index is 11.8. The van der Waals surface area contributed by atoms with Gasteiger partial charge in [0.25, 0.3) is 0 Å². The second kappa shape index (κ2) is 5.67. The molecule has 0 aromatic carbocycles. The Morgan fingerprint density at radius 1 is 1.42 bits per heavy atom. The highest BCUT2D eigenvalue weighted by molar-refractivity contribution is 7.91. The van der Waals surface area contributed by atoms with Crippen LogP contribution >= 0.6 is 0 Å². The first kappa shape index (κ1) is 14.6. The molecular weight excluding hydrogens is 262 g/mol. The van der Waals surface area contributed by atoms with E-state index in [9.17, 15) is 8.42 Å². The lowest BCUT2D eigenvalue weighted by atomic mass is 9.81. The molecule has 0 spiro atoms. The van der Waals surface area contributed by atoms with Crippen molar-refractivity contribution in [3.63, 3.8) is 0 Å². The quantitative estimate of drug-likeness (QED) is 0.923. The van der Waals surface area contributed by atoms with Crippen LogP contribution in [0.3, 0.4) is 0 Å². The van der Waals surface area contributed by atoms with E-state index in [4.69, 9.17) is 4.42 Å². The van der Waals surface area contributed by atoms with Crippen LogP contribution in [0, 0.1) is 12.8 Å². The van der Waals surface area contributed by atoms with Crippen molar-refractivity contribution in [1.29, 1.82) is 0 Å². The summed E-state index contributed by atoms with van der Waals surface area (Å²) < 4.78 is 28.9. The molecule has 0 amide bonds. The van der Waals surface area contributed by atoms with Crippen molar-refractivity contribution >= 4 is 9.84 Å². The van der Waals surface area contributed by atoms with Gasteiger partial charge in [0.1, 0.15) is 15.6 Å². The van der Waals surface area contributed by atoms with Crippen LogP contribution in [0.1, 0.15) is 43.0 Å². The zero-order valence-electron chi connectivity index (χ0n) is 11.8. The fourth-order valence-electron chi connectivity index (χ4n) is 3.24. The minimum Gasteiger partial charge on any atom is -0.469 e. The molecule has 3 atom stereocenters. The van der Waals surface area contributed by atoms with E-state index in [2.05, 4.69) is 5.32 Å². The smallest absolute Gasteiger partial charge is 0.150 e. The number of nitrogens with one attached hydrogen (secondary N) is 1. The zero-order valence-corrected chi connectivity index (χ0v) is 12.7. The van der Waals surface area contributed by atoms with Crippen LogP contribution < -0.4 is 5.32 Å². The third kappa shape index (κ3) is 3.20. The predicted octanol–water partition coefficient (Wildman–Crippen LogP) is 2.45. The number of sulfone groups is 1. The summed E-state index contributed by atoms with van der Waals surface area (Å²) in [5.41, 5.74) is 1.15. The molecule has 1 aliphatic rings. The second-order valence-electron chi connectivity index (χ2n) is 5.58. The number of aryl methyl sites for hydroxylation is 1. The van der Waals surface area contributed by atoms with Crippen molar-refractivity contribution in [3.05, 3.63) is 23.7 Å². The number of rotatable bonds is 4. The first-order valence-corrected chi connectivity index (χ1v) is 8.79. The molecule has 19 heavy (non-hydrogen) atoms. The predicted molar refractivity (Wildman–Crippen MR) is 75.8 cm³/mol. The highest BCUT2D eigenvalue weighted by Crippen LogP contribution is 2.37. The van der Waals surface area contributed by atoms with Crippen molar-refractivity contribution in [3.8, 4) is 0 Å². The molecule has 2 rings (SSSR count). The van der Waals surface area contributed by atoms with Crippen LogP contribution in [0.15, 0.2) is 16.7 Å². The van der Waals surface area contributed by atoms with Gasteiger partial charge in [0, 0.05) is 17.9 Å². The summed E-state index contributed by atoms with van der Waals surface area (Å²) >= 11 is 0. The Balaban J connectivity index is 2.18. The van der Waals surface area contributed by atoms with E-state index < -0.39 is 9.84 Å². The summed E-state index contributed by atoms with van der Waals surface area (Å²) in [5.74, 6) is 1.27. The molecule has 1 aromatic rings. The molecule has 3 unspecified atom stereocenters. The van der Waals surface area contributed by atoms with Gasteiger partial charge in [-0.1, -0.05) is 6.42 Å². The van der Waals surface area contributed by atoms with Gasteiger partial charge in [-0.05, 0) is 45.2 Å². The minimum atomic E-state index is -2.93. The third-order valence-corrected chi connectivity index (χ3v) is 5.93. The molecule has 0 saturated heterocycles. The Labute approximate surface area is 115 Å². The Morgan fingerprint density at radius 2 is 2.16 bits per heavy atom. The molecule has 0 aliphatic heterocycles. The molecule has 1 heterocycles. The molecule has 1 N–H and O–H groups in total. The van der Waals surface area contributed by atoms with E-state index >= 15 is 0 Å². The van der Waals surface area contributed by atoms with Crippen molar-refractivity contribution in [2.75, 3.05) is 13.3 Å². The van der Waals surface area contributed by atoms with E-state index in [1.54, 1.807) is 6.26 Å². The third-order valence-electron chi connectivity index (χ3n) is 4.29. The van der Waals surface area contributed by atoms with Gasteiger partial charge in [-0.2, -0.15) is 0 Å². The number of hydrogen-bond donors (Lipinski definition) is 1. The zero-order chi connectivity index (χ0) is 14.0. The van der Waals surface area contributed by atoms with Crippen LogP contribution in [-0.4, -0.2) is 27.0 Å². The lowest BCUT2D eigenvalue weighted by Crippen LogP contribution is -2.34. The molecule has 1 aromatic heterocycles. The summed E-state index contributed by atoms with van der Waals surface area (Å²) in [6, 6.07) is 2.17. The number of hydrogen-bond acceptors (Lipinski definition) is 4. The maximum absolute atomic E-state index is 11.8. The summed E-state index contributed by atoms with van der Waals surface area (Å²) in [6.45, 7) is 1.95. The summed E-state index contributed by atoms with van der Waals surface area (Å²) in [4.78, 5) is 0. The van der Waals surface area contributed by atoms with Crippen LogP contribution in [0.2, 0.25) is 0 Å². The molecule has 0 bridgehead atoms.